The molecule has 0 aromatic rings. The lowest BCUT2D eigenvalue weighted by molar-refractivity contribution is 0.557. The number of nitrogens with one attached hydrogen (secondary N) is 1. The lowest BCUT2D eigenvalue weighted by atomic mass is 10.3. The first-order valence-electron chi connectivity index (χ1n) is 4.44. The summed E-state index contributed by atoms with van der Waals surface area (Å²) >= 11 is 5.52. The quantitative estimate of drug-likeness (QED) is 0.663. The summed E-state index contributed by atoms with van der Waals surface area (Å²) in [7, 11) is -6.81. The van der Waals surface area contributed by atoms with E-state index in [1.165, 1.54) is 0 Å². The van der Waals surface area contributed by atoms with Crippen LogP contribution in [0.1, 0.15) is 13.3 Å². The third kappa shape index (κ3) is 8.01. The zero-order valence-electron chi connectivity index (χ0n) is 8.73. The zero-order chi connectivity index (χ0) is 12.1. The minimum absolute atomic E-state index is 0.175. The minimum Gasteiger partial charge on any atom is -0.229 e. The average Bonchev–Trinajstić information content (AvgIpc) is 2.10. The third-order valence-electron chi connectivity index (χ3n) is 1.75. The van der Waals surface area contributed by atoms with Crippen LogP contribution in [-0.4, -0.2) is 46.5 Å². The Morgan fingerprint density at radius 2 is 1.73 bits per heavy atom. The molecule has 0 aromatic heterocycles. The second-order valence-corrected chi connectivity index (χ2v) is 7.77. The highest BCUT2D eigenvalue weighted by atomic mass is 35.5. The van der Waals surface area contributed by atoms with Crippen LogP contribution in [0.3, 0.4) is 0 Å². The van der Waals surface area contributed by atoms with Crippen molar-refractivity contribution in [3.63, 3.8) is 0 Å². The van der Waals surface area contributed by atoms with Crippen LogP contribution in [0.5, 0.6) is 0 Å². The first-order chi connectivity index (χ1) is 6.70. The van der Waals surface area contributed by atoms with Crippen molar-refractivity contribution in [2.45, 2.75) is 19.4 Å². The maximum atomic E-state index is 11.4. The van der Waals surface area contributed by atoms with Crippen molar-refractivity contribution in [1.29, 1.82) is 0 Å². The van der Waals surface area contributed by atoms with E-state index in [-0.39, 0.29) is 17.7 Å². The molecule has 0 bridgehead atoms. The van der Waals surface area contributed by atoms with E-state index in [0.29, 0.717) is 6.42 Å². The van der Waals surface area contributed by atoms with Crippen LogP contribution in [0.4, 0.5) is 0 Å². The summed E-state index contributed by atoms with van der Waals surface area (Å²) in [5.41, 5.74) is 0. The number of hydrogen-bond donors (Lipinski definition) is 1. The molecule has 0 rings (SSSR count). The molecule has 15 heavy (non-hydrogen) atoms. The van der Waals surface area contributed by atoms with E-state index in [1.807, 2.05) is 0 Å². The van der Waals surface area contributed by atoms with E-state index < -0.39 is 25.6 Å². The Balaban J connectivity index is 4.32. The van der Waals surface area contributed by atoms with Crippen LogP contribution >= 0.6 is 11.6 Å². The molecule has 0 aliphatic carbocycles. The maximum Gasteiger partial charge on any atom is 0.212 e. The Morgan fingerprint density at radius 1 is 1.20 bits per heavy atom. The normalized spacial score (nSPS) is 15.1. The molecule has 0 fully saturated rings. The molecular weight excluding hydrogens is 262 g/mol. The second-order valence-electron chi connectivity index (χ2n) is 3.33. The van der Waals surface area contributed by atoms with Crippen molar-refractivity contribution in [2.24, 2.45) is 0 Å². The van der Waals surface area contributed by atoms with Gasteiger partial charge in [0.1, 0.15) is 9.84 Å². The fraction of sp³-hybridized carbons (Fsp3) is 1.00. The monoisotopic (exact) mass is 277 g/mol. The Bertz CT molecular complexity index is 372. The van der Waals surface area contributed by atoms with E-state index in [2.05, 4.69) is 4.72 Å². The lowest BCUT2D eigenvalue weighted by Gasteiger charge is -2.13. The van der Waals surface area contributed by atoms with Crippen LogP contribution in [0, 0.1) is 0 Å². The molecule has 5 nitrogen and oxygen atoms in total. The summed E-state index contributed by atoms with van der Waals surface area (Å²) in [6.07, 6.45) is 1.57. The van der Waals surface area contributed by atoms with Gasteiger partial charge in [0.05, 0.1) is 11.5 Å². The molecule has 1 N–H and O–H groups in total. The molecule has 0 aliphatic heterocycles. The SMILES string of the molecule is CCC(CCl)NS(=O)(=O)CCS(C)(=O)=O. The van der Waals surface area contributed by atoms with Crippen molar-refractivity contribution in [2.75, 3.05) is 23.6 Å². The van der Waals surface area contributed by atoms with Crippen molar-refractivity contribution < 1.29 is 16.8 Å². The summed E-state index contributed by atoms with van der Waals surface area (Å²) in [4.78, 5) is 0. The van der Waals surface area contributed by atoms with Gasteiger partial charge in [-0.05, 0) is 6.42 Å². The topological polar surface area (TPSA) is 80.3 Å². The van der Waals surface area contributed by atoms with Gasteiger partial charge in [0.25, 0.3) is 0 Å². The summed E-state index contributed by atoms with van der Waals surface area (Å²) in [6.45, 7) is 1.80. The van der Waals surface area contributed by atoms with Gasteiger partial charge in [-0.3, -0.25) is 0 Å². The lowest BCUT2D eigenvalue weighted by Crippen LogP contribution is -2.38. The molecule has 8 heteroatoms. The van der Waals surface area contributed by atoms with Crippen LogP contribution in [0.15, 0.2) is 0 Å². The molecule has 0 heterocycles. The number of rotatable bonds is 7. The van der Waals surface area contributed by atoms with Gasteiger partial charge in [-0.2, -0.15) is 0 Å². The van der Waals surface area contributed by atoms with Crippen molar-refractivity contribution >= 4 is 31.5 Å². The van der Waals surface area contributed by atoms with E-state index in [0.717, 1.165) is 6.26 Å². The number of halogens is 1. The molecule has 0 aromatic carbocycles. The molecule has 0 spiro atoms. The van der Waals surface area contributed by atoms with Crippen molar-refractivity contribution in [3.8, 4) is 0 Å². The largest absolute Gasteiger partial charge is 0.229 e. The molecule has 92 valence electrons. The third-order valence-corrected chi connectivity index (χ3v) is 4.76. The van der Waals surface area contributed by atoms with E-state index >= 15 is 0 Å². The maximum absolute atomic E-state index is 11.4. The predicted molar refractivity (Wildman–Crippen MR) is 61.4 cm³/mol. The number of alkyl halides is 1. The predicted octanol–water partition coefficient (Wildman–Crippen LogP) is -0.0322. The summed E-state index contributed by atoms with van der Waals surface area (Å²) in [6, 6.07) is -0.337. The molecule has 0 radical (unpaired) electrons. The Labute approximate surface area is 96.2 Å². The second kappa shape index (κ2) is 6.03. The standard InChI is InChI=1S/C7H16ClNO4S2/c1-3-7(6-8)9-15(12,13)5-4-14(2,10)11/h7,9H,3-6H2,1-2H3. The fourth-order valence-corrected chi connectivity index (χ4v) is 4.15. The Hall–Kier alpha value is 0.150. The molecule has 0 saturated carbocycles. The van der Waals surface area contributed by atoms with Crippen molar-refractivity contribution in [1.82, 2.24) is 4.72 Å². The van der Waals surface area contributed by atoms with Gasteiger partial charge in [0.15, 0.2) is 0 Å². The van der Waals surface area contributed by atoms with Crippen LogP contribution < -0.4 is 4.72 Å². The highest BCUT2D eigenvalue weighted by molar-refractivity contribution is 7.93. The van der Waals surface area contributed by atoms with Crippen LogP contribution in [0.2, 0.25) is 0 Å². The molecule has 1 unspecified atom stereocenters. The van der Waals surface area contributed by atoms with Gasteiger partial charge >= 0.3 is 0 Å². The Kier molecular flexibility index (Phi) is 6.09. The van der Waals surface area contributed by atoms with E-state index in [1.54, 1.807) is 6.92 Å². The number of sulfone groups is 1. The highest BCUT2D eigenvalue weighted by Crippen LogP contribution is 1.98. The number of hydrogen-bond acceptors (Lipinski definition) is 4. The molecule has 1 atom stereocenters. The van der Waals surface area contributed by atoms with Gasteiger partial charge in [-0.25, -0.2) is 21.6 Å². The van der Waals surface area contributed by atoms with Gasteiger partial charge in [-0.15, -0.1) is 11.6 Å². The molecular formula is C7H16ClNO4S2. The first-order valence-corrected chi connectivity index (χ1v) is 8.68. The molecule has 0 amide bonds. The summed E-state index contributed by atoms with van der Waals surface area (Å²) < 4.78 is 46.7. The van der Waals surface area contributed by atoms with Crippen LogP contribution in [-0.2, 0) is 19.9 Å². The highest BCUT2D eigenvalue weighted by Gasteiger charge is 2.17. The van der Waals surface area contributed by atoms with Crippen LogP contribution in [0.25, 0.3) is 0 Å². The minimum atomic E-state index is -3.55. The fourth-order valence-electron chi connectivity index (χ4n) is 0.798. The molecule has 0 aliphatic rings. The summed E-state index contributed by atoms with van der Waals surface area (Å²) in [5.74, 6) is -0.616. The van der Waals surface area contributed by atoms with Gasteiger partial charge in [-0.1, -0.05) is 6.92 Å². The van der Waals surface area contributed by atoms with Gasteiger partial charge < -0.3 is 0 Å². The van der Waals surface area contributed by atoms with Crippen molar-refractivity contribution in [3.05, 3.63) is 0 Å². The van der Waals surface area contributed by atoms with Gasteiger partial charge in [0.2, 0.25) is 10.0 Å². The summed E-state index contributed by atoms with van der Waals surface area (Å²) in [5, 5.41) is 0. The molecule has 0 saturated heterocycles. The van der Waals surface area contributed by atoms with E-state index in [4.69, 9.17) is 11.6 Å². The zero-order valence-corrected chi connectivity index (χ0v) is 11.1. The number of sulfonamides is 1. The first kappa shape index (κ1) is 15.2. The van der Waals surface area contributed by atoms with E-state index in [9.17, 15) is 16.8 Å². The average molecular weight is 278 g/mol. The smallest absolute Gasteiger partial charge is 0.212 e. The Morgan fingerprint density at radius 3 is 2.07 bits per heavy atom. The van der Waals surface area contributed by atoms with Gasteiger partial charge in [0, 0.05) is 18.2 Å².